The molecule has 0 aliphatic heterocycles. The molecule has 0 aliphatic carbocycles. The first-order valence-electron chi connectivity index (χ1n) is 9.24. The average molecular weight is 374 g/mol. The van der Waals surface area contributed by atoms with Gasteiger partial charge < -0.3 is 15.4 Å². The minimum Gasteiger partial charge on any atom is -0.497 e. The third-order valence-electron chi connectivity index (χ3n) is 4.29. The second kappa shape index (κ2) is 7.96. The van der Waals surface area contributed by atoms with Crippen LogP contribution < -0.4 is 15.4 Å². The zero-order valence-electron chi connectivity index (χ0n) is 15.9. The Kier molecular flexibility index (Phi) is 5.05. The molecule has 2 aromatic carbocycles. The predicted molar refractivity (Wildman–Crippen MR) is 112 cm³/mol. The Bertz CT molecular complexity index is 1080. The van der Waals surface area contributed by atoms with Crippen molar-refractivity contribution in [2.75, 3.05) is 24.3 Å². The van der Waals surface area contributed by atoms with Crippen LogP contribution in [0.25, 0.3) is 16.7 Å². The van der Waals surface area contributed by atoms with Crippen molar-refractivity contribution in [2.45, 2.75) is 13.3 Å². The first-order valence-corrected chi connectivity index (χ1v) is 9.24. The molecular weight excluding hydrogens is 352 g/mol. The highest BCUT2D eigenvalue weighted by atomic mass is 16.5. The summed E-state index contributed by atoms with van der Waals surface area (Å²) >= 11 is 0. The summed E-state index contributed by atoms with van der Waals surface area (Å²) in [7, 11) is 1.65. The topological polar surface area (TPSA) is 76.9 Å². The first kappa shape index (κ1) is 17.8. The smallest absolute Gasteiger partial charge is 0.226 e. The molecule has 0 amide bonds. The number of methoxy groups -OCH3 is 1. The van der Waals surface area contributed by atoms with E-state index in [9.17, 15) is 0 Å². The van der Waals surface area contributed by atoms with Crippen molar-refractivity contribution < 1.29 is 4.74 Å². The number of fused-ring (bicyclic) bond motifs is 1. The van der Waals surface area contributed by atoms with Gasteiger partial charge in [-0.3, -0.25) is 0 Å². The number of rotatable bonds is 7. The highest BCUT2D eigenvalue weighted by molar-refractivity contribution is 5.90. The molecule has 0 saturated heterocycles. The van der Waals surface area contributed by atoms with Gasteiger partial charge >= 0.3 is 0 Å². The summed E-state index contributed by atoms with van der Waals surface area (Å²) in [4.78, 5) is 9.37. The van der Waals surface area contributed by atoms with Crippen molar-refractivity contribution in [2.24, 2.45) is 0 Å². The van der Waals surface area contributed by atoms with Gasteiger partial charge in [0.15, 0.2) is 5.65 Å². The molecule has 0 atom stereocenters. The fraction of sp³-hybridized carbons (Fsp3) is 0.190. The number of hydrogen-bond donors (Lipinski definition) is 2. The van der Waals surface area contributed by atoms with Crippen molar-refractivity contribution in [3.63, 3.8) is 0 Å². The molecule has 0 radical (unpaired) electrons. The molecule has 0 spiro atoms. The standard InChI is InChI=1S/C21H22N6O/c1-3-12-22-21-25-19(24-15-8-7-11-17(13-15)28-2)18-14-23-27(20(18)26-21)16-9-5-4-6-10-16/h4-11,13-14H,3,12H2,1-2H3,(H2,22,24,25,26). The highest BCUT2D eigenvalue weighted by Gasteiger charge is 2.14. The van der Waals surface area contributed by atoms with Gasteiger partial charge in [-0.2, -0.15) is 15.1 Å². The number of nitrogens with zero attached hydrogens (tertiary/aromatic N) is 4. The number of benzene rings is 2. The predicted octanol–water partition coefficient (Wildman–Crippen LogP) is 4.39. The molecule has 7 heteroatoms. The second-order valence-corrected chi connectivity index (χ2v) is 6.31. The number of anilines is 3. The molecule has 142 valence electrons. The Hall–Kier alpha value is -3.61. The van der Waals surface area contributed by atoms with Gasteiger partial charge in [-0.05, 0) is 30.7 Å². The first-order chi connectivity index (χ1) is 13.8. The summed E-state index contributed by atoms with van der Waals surface area (Å²) in [6.45, 7) is 2.90. The van der Waals surface area contributed by atoms with E-state index in [2.05, 4.69) is 27.6 Å². The number of aromatic nitrogens is 4. The van der Waals surface area contributed by atoms with E-state index in [1.807, 2.05) is 59.3 Å². The van der Waals surface area contributed by atoms with Gasteiger partial charge in [0, 0.05) is 18.3 Å². The Morgan fingerprint density at radius 2 is 1.89 bits per heavy atom. The maximum Gasteiger partial charge on any atom is 0.226 e. The SMILES string of the molecule is CCCNc1nc(Nc2cccc(OC)c2)c2cnn(-c3ccccc3)c2n1. The number of para-hydroxylation sites is 1. The van der Waals surface area contributed by atoms with Gasteiger partial charge in [-0.1, -0.05) is 31.2 Å². The summed E-state index contributed by atoms with van der Waals surface area (Å²) in [5.41, 5.74) is 2.57. The molecule has 2 N–H and O–H groups in total. The lowest BCUT2D eigenvalue weighted by atomic mass is 10.3. The van der Waals surface area contributed by atoms with Crippen LogP contribution in [-0.2, 0) is 0 Å². The number of hydrogen-bond acceptors (Lipinski definition) is 6. The van der Waals surface area contributed by atoms with E-state index in [4.69, 9.17) is 9.72 Å². The van der Waals surface area contributed by atoms with E-state index < -0.39 is 0 Å². The van der Waals surface area contributed by atoms with Crippen LogP contribution in [0.1, 0.15) is 13.3 Å². The van der Waals surface area contributed by atoms with Gasteiger partial charge in [0.1, 0.15) is 11.6 Å². The van der Waals surface area contributed by atoms with Crippen LogP contribution in [0, 0.1) is 0 Å². The average Bonchev–Trinajstić information content (AvgIpc) is 3.17. The molecule has 2 heterocycles. The van der Waals surface area contributed by atoms with Crippen molar-refractivity contribution in [3.05, 3.63) is 60.8 Å². The summed E-state index contributed by atoms with van der Waals surface area (Å²) in [6, 6.07) is 17.7. The Morgan fingerprint density at radius 1 is 1.04 bits per heavy atom. The van der Waals surface area contributed by atoms with Crippen LogP contribution in [0.4, 0.5) is 17.5 Å². The molecule has 0 saturated carbocycles. The molecule has 4 aromatic rings. The molecular formula is C21H22N6O. The second-order valence-electron chi connectivity index (χ2n) is 6.31. The fourth-order valence-corrected chi connectivity index (χ4v) is 2.91. The lowest BCUT2D eigenvalue weighted by molar-refractivity contribution is 0.415. The molecule has 7 nitrogen and oxygen atoms in total. The molecule has 2 aromatic heterocycles. The van der Waals surface area contributed by atoms with Gasteiger partial charge in [-0.25, -0.2) is 4.68 Å². The normalized spacial score (nSPS) is 10.8. The highest BCUT2D eigenvalue weighted by Crippen LogP contribution is 2.28. The van der Waals surface area contributed by atoms with Gasteiger partial charge in [0.05, 0.1) is 24.4 Å². The third kappa shape index (κ3) is 3.59. The van der Waals surface area contributed by atoms with Crippen LogP contribution in [-0.4, -0.2) is 33.4 Å². The third-order valence-corrected chi connectivity index (χ3v) is 4.29. The van der Waals surface area contributed by atoms with Crippen molar-refractivity contribution in [1.29, 1.82) is 0 Å². The number of nitrogens with one attached hydrogen (secondary N) is 2. The molecule has 0 aliphatic rings. The summed E-state index contributed by atoms with van der Waals surface area (Å²) in [5, 5.41) is 12.0. The van der Waals surface area contributed by atoms with Crippen LogP contribution in [0.2, 0.25) is 0 Å². The molecule has 0 fully saturated rings. The lowest BCUT2D eigenvalue weighted by Gasteiger charge is -2.11. The zero-order valence-corrected chi connectivity index (χ0v) is 15.9. The van der Waals surface area contributed by atoms with E-state index in [-0.39, 0.29) is 0 Å². The van der Waals surface area contributed by atoms with Crippen LogP contribution >= 0.6 is 0 Å². The summed E-state index contributed by atoms with van der Waals surface area (Å²) in [5.74, 6) is 2.04. The minimum atomic E-state index is 0.567. The van der Waals surface area contributed by atoms with Gasteiger partial charge in [0.2, 0.25) is 5.95 Å². The lowest BCUT2D eigenvalue weighted by Crippen LogP contribution is -2.08. The minimum absolute atomic E-state index is 0.567. The monoisotopic (exact) mass is 374 g/mol. The van der Waals surface area contributed by atoms with Crippen molar-refractivity contribution in [1.82, 2.24) is 19.7 Å². The van der Waals surface area contributed by atoms with Crippen molar-refractivity contribution >= 4 is 28.5 Å². The zero-order chi connectivity index (χ0) is 19.3. The van der Waals surface area contributed by atoms with Crippen molar-refractivity contribution in [3.8, 4) is 11.4 Å². The summed E-state index contributed by atoms with van der Waals surface area (Å²) in [6.07, 6.45) is 2.77. The quantitative estimate of drug-likeness (QED) is 0.500. The molecule has 0 bridgehead atoms. The maximum absolute atomic E-state index is 5.32. The molecule has 28 heavy (non-hydrogen) atoms. The van der Waals surface area contributed by atoms with Gasteiger partial charge in [0.25, 0.3) is 0 Å². The number of ether oxygens (including phenoxy) is 1. The van der Waals surface area contributed by atoms with E-state index in [0.29, 0.717) is 11.8 Å². The maximum atomic E-state index is 5.32. The van der Waals surface area contributed by atoms with Crippen LogP contribution in [0.15, 0.2) is 60.8 Å². The summed E-state index contributed by atoms with van der Waals surface area (Å²) < 4.78 is 7.14. The van der Waals surface area contributed by atoms with Crippen LogP contribution in [0.3, 0.4) is 0 Å². The Morgan fingerprint density at radius 3 is 2.68 bits per heavy atom. The molecule has 0 unspecified atom stereocenters. The van der Waals surface area contributed by atoms with Gasteiger partial charge in [-0.15, -0.1) is 0 Å². The van der Waals surface area contributed by atoms with E-state index in [1.165, 1.54) is 0 Å². The fourth-order valence-electron chi connectivity index (χ4n) is 2.91. The Balaban J connectivity index is 1.81. The van der Waals surface area contributed by atoms with E-state index in [1.54, 1.807) is 13.3 Å². The largest absolute Gasteiger partial charge is 0.497 e. The molecule has 4 rings (SSSR count). The van der Waals surface area contributed by atoms with Crippen LogP contribution in [0.5, 0.6) is 5.75 Å². The van der Waals surface area contributed by atoms with E-state index in [0.717, 1.165) is 41.1 Å². The van der Waals surface area contributed by atoms with E-state index >= 15 is 0 Å². The Labute approximate surface area is 163 Å².